The van der Waals surface area contributed by atoms with Gasteiger partial charge < -0.3 is 35.5 Å². The van der Waals surface area contributed by atoms with Gasteiger partial charge in [-0.3, -0.25) is 0 Å². The molecule has 6 N–H and O–H groups in total. The number of hydrogen-bond donors (Lipinski definition) is 6. The summed E-state index contributed by atoms with van der Waals surface area (Å²) in [6.45, 7) is 0. The van der Waals surface area contributed by atoms with E-state index in [2.05, 4.69) is 0 Å². The summed E-state index contributed by atoms with van der Waals surface area (Å²) in [6, 6.07) is 0. The van der Waals surface area contributed by atoms with E-state index in [1.807, 2.05) is 0 Å². The predicted octanol–water partition coefficient (Wildman–Crippen LogP) is -2.18. The van der Waals surface area contributed by atoms with Crippen molar-refractivity contribution < 1.29 is 73.5 Å². The van der Waals surface area contributed by atoms with Gasteiger partial charge in [-0.1, -0.05) is 92.8 Å². The van der Waals surface area contributed by atoms with Crippen LogP contribution in [0.25, 0.3) is 0 Å². The van der Waals surface area contributed by atoms with Crippen LogP contribution in [0.15, 0.2) is 0 Å². The molecular formula is C8H10BCl8LiO11. The first-order valence-electron chi connectivity index (χ1n) is 5.36. The van der Waals surface area contributed by atoms with Crippen molar-refractivity contribution in [3.05, 3.63) is 0 Å². The van der Waals surface area contributed by atoms with E-state index < -0.39 is 50.5 Å². The third-order valence-corrected chi connectivity index (χ3v) is 2.24. The molecular weight excluding hydrogens is 573 g/mol. The molecule has 29 heavy (non-hydrogen) atoms. The summed E-state index contributed by atoms with van der Waals surface area (Å²) < 4.78 is 0. The fraction of sp³-hybridized carbons (Fsp3) is 0.500. The van der Waals surface area contributed by atoms with Crippen LogP contribution in [0.2, 0.25) is 0 Å². The zero-order valence-corrected chi connectivity index (χ0v) is 19.7. The minimum absolute atomic E-state index is 0. The first kappa shape index (κ1) is 43.6. The quantitative estimate of drug-likeness (QED) is 0.155. The van der Waals surface area contributed by atoms with Gasteiger partial charge in [0.1, 0.15) is 0 Å². The van der Waals surface area contributed by atoms with E-state index in [1.54, 1.807) is 0 Å². The smallest absolute Gasteiger partial charge is 0.832 e. The number of carboxylic acid groups (broad SMARTS) is 4. The molecule has 0 spiro atoms. The second kappa shape index (κ2) is 28.7. The summed E-state index contributed by atoms with van der Waals surface area (Å²) in [5, 5.41) is 53.7. The van der Waals surface area contributed by atoms with E-state index in [0.29, 0.717) is 0 Å². The predicted molar refractivity (Wildman–Crippen MR) is 103 cm³/mol. The van der Waals surface area contributed by atoms with Gasteiger partial charge in [-0.05, 0) is 0 Å². The number of aliphatic carboxylic acids is 4. The summed E-state index contributed by atoms with van der Waals surface area (Å²) in [7, 11) is -2.42. The number of carbonyl (C=O) groups is 4. The Morgan fingerprint density at radius 3 is 0.586 bits per heavy atom. The zero-order valence-electron chi connectivity index (χ0n) is 13.6. The molecule has 0 saturated carbocycles. The zero-order chi connectivity index (χ0) is 24.2. The van der Waals surface area contributed by atoms with Crippen LogP contribution in [0, 0.1) is 0 Å². The Morgan fingerprint density at radius 2 is 0.586 bits per heavy atom. The Balaban J connectivity index is -0.0000000569. The Bertz CT molecular complexity index is 366. The van der Waals surface area contributed by atoms with E-state index in [0.717, 1.165) is 0 Å². The molecule has 0 rings (SSSR count). The molecule has 11 nitrogen and oxygen atoms in total. The molecule has 0 aromatic carbocycles. The maximum absolute atomic E-state index is 9.44. The molecule has 0 amide bonds. The van der Waals surface area contributed by atoms with Crippen molar-refractivity contribution in [2.75, 3.05) is 0 Å². The molecule has 0 heterocycles. The largest absolute Gasteiger partial charge is 1.00 e. The van der Waals surface area contributed by atoms with Crippen LogP contribution < -0.4 is 23.9 Å². The Hall–Kier alpha value is 0.742. The maximum Gasteiger partial charge on any atom is 1.00 e. The fourth-order valence-corrected chi connectivity index (χ4v) is 0. The fourth-order valence-electron chi connectivity index (χ4n) is 0. The van der Waals surface area contributed by atoms with Crippen molar-refractivity contribution >= 4 is 124 Å². The molecule has 168 valence electrons. The topological polar surface area (TPSA) is 213 Å². The van der Waals surface area contributed by atoms with Gasteiger partial charge in [0.05, 0.1) is 0 Å². The molecule has 0 unspecified atom stereocenters. The number of carboxylic acids is 4. The molecule has 0 fully saturated rings. The molecule has 0 bridgehead atoms. The third kappa shape index (κ3) is 73.3. The average molecular weight is 584 g/mol. The van der Waals surface area contributed by atoms with Crippen molar-refractivity contribution in [1.82, 2.24) is 0 Å². The standard InChI is InChI=1S/4C2H2Cl2O2.BH2O3.Li/c4*3-1(4)2(5)6;2-1(3)4;/h4*1H,(H,5,6);2-3H;/q;;;;-1;+1. The minimum atomic E-state index is -2.42. The van der Waals surface area contributed by atoms with E-state index in [1.165, 1.54) is 0 Å². The summed E-state index contributed by atoms with van der Waals surface area (Å²) >= 11 is 38.2. The molecule has 0 aromatic rings. The van der Waals surface area contributed by atoms with Crippen molar-refractivity contribution in [3.8, 4) is 0 Å². The Labute approximate surface area is 215 Å². The third-order valence-electron chi connectivity index (χ3n) is 0.747. The molecule has 0 aliphatic carbocycles. The Kier molecular flexibility index (Phi) is 43.2. The van der Waals surface area contributed by atoms with Crippen molar-refractivity contribution in [2.24, 2.45) is 0 Å². The van der Waals surface area contributed by atoms with E-state index in [9.17, 15) is 19.2 Å². The van der Waals surface area contributed by atoms with Crippen molar-refractivity contribution in [3.63, 3.8) is 0 Å². The van der Waals surface area contributed by atoms with Crippen molar-refractivity contribution in [1.29, 1.82) is 0 Å². The van der Waals surface area contributed by atoms with E-state index in [4.69, 9.17) is 128 Å². The second-order valence-electron chi connectivity index (χ2n) is 2.88. The van der Waals surface area contributed by atoms with Gasteiger partial charge in [-0.2, -0.15) is 0 Å². The average Bonchev–Trinajstić information content (AvgIpc) is 2.47. The van der Waals surface area contributed by atoms with E-state index in [-0.39, 0.29) is 18.9 Å². The van der Waals surface area contributed by atoms with Gasteiger partial charge in [-0.15, -0.1) is 0 Å². The molecule has 0 saturated heterocycles. The molecule has 0 aliphatic heterocycles. The molecule has 0 aliphatic rings. The molecule has 0 atom stereocenters. The van der Waals surface area contributed by atoms with Crippen LogP contribution in [0.4, 0.5) is 0 Å². The van der Waals surface area contributed by atoms with Crippen LogP contribution in [0.3, 0.4) is 0 Å². The van der Waals surface area contributed by atoms with Gasteiger partial charge in [-0.25, -0.2) is 19.2 Å². The van der Waals surface area contributed by atoms with Crippen molar-refractivity contribution in [2.45, 2.75) is 19.3 Å². The van der Waals surface area contributed by atoms with Crippen LogP contribution in [0.5, 0.6) is 0 Å². The SMILES string of the molecule is O=C(O)C(Cl)Cl.O=C(O)C(Cl)Cl.O=C(O)C(Cl)Cl.O=C(O)C(Cl)Cl.[Li+].[O-]B(O)O. The van der Waals surface area contributed by atoms with Gasteiger partial charge in [0.2, 0.25) is 19.3 Å². The summed E-state index contributed by atoms with van der Waals surface area (Å²) in [6.07, 6.45) is 0. The van der Waals surface area contributed by atoms with Gasteiger partial charge in [0.15, 0.2) is 0 Å². The summed E-state index contributed by atoms with van der Waals surface area (Å²) in [4.78, 5) is 32.6. The first-order chi connectivity index (χ1) is 12.3. The number of alkyl halides is 8. The molecule has 0 radical (unpaired) electrons. The number of halogens is 8. The minimum Gasteiger partial charge on any atom is -0.832 e. The number of hydrogen-bond acceptors (Lipinski definition) is 7. The van der Waals surface area contributed by atoms with Gasteiger partial charge in [0, 0.05) is 0 Å². The van der Waals surface area contributed by atoms with Gasteiger partial charge >= 0.3 is 50.1 Å². The van der Waals surface area contributed by atoms with Crippen LogP contribution in [-0.2, 0) is 19.2 Å². The normalized spacial score (nSPS) is 8.52. The summed E-state index contributed by atoms with van der Waals surface area (Å²) in [5.74, 6) is -4.84. The van der Waals surface area contributed by atoms with Crippen LogP contribution >= 0.6 is 92.8 Å². The first-order valence-corrected chi connectivity index (χ1v) is 8.85. The van der Waals surface area contributed by atoms with Gasteiger partial charge in [0.25, 0.3) is 0 Å². The van der Waals surface area contributed by atoms with Crippen LogP contribution in [-0.4, -0.2) is 81.0 Å². The monoisotopic (exact) mass is 580 g/mol. The maximum atomic E-state index is 9.44. The Morgan fingerprint density at radius 1 is 0.552 bits per heavy atom. The van der Waals surface area contributed by atoms with E-state index >= 15 is 0 Å². The summed E-state index contributed by atoms with van der Waals surface area (Å²) in [5.41, 5.74) is 0. The molecule has 21 heteroatoms. The molecule has 0 aromatic heterocycles. The second-order valence-corrected chi connectivity index (χ2v) is 7.27. The van der Waals surface area contributed by atoms with Crippen LogP contribution in [0.1, 0.15) is 0 Å². The number of rotatable bonds is 4.